The van der Waals surface area contributed by atoms with Crippen molar-refractivity contribution in [3.05, 3.63) is 199 Å². The summed E-state index contributed by atoms with van der Waals surface area (Å²) in [5, 5.41) is 11.2. The van der Waals surface area contributed by atoms with Gasteiger partial charge in [-0.2, -0.15) is 0 Å². The Morgan fingerprint density at radius 1 is 0.354 bits per heavy atom. The van der Waals surface area contributed by atoms with Gasteiger partial charge in [-0.25, -0.2) is 15.0 Å². The van der Waals surface area contributed by atoms with Gasteiger partial charge in [-0.05, 0) is 103 Å². The number of nitrogens with zero attached hydrogens (tertiary/aromatic N) is 3. The number of hydrogen-bond acceptors (Lipinski definition) is 5. The lowest BCUT2D eigenvalue weighted by atomic mass is 9.81. The number of hydrogen-bond donors (Lipinski definition) is 0. The molecule has 1 aliphatic rings. The highest BCUT2D eigenvalue weighted by atomic mass is 16.3. The van der Waals surface area contributed by atoms with E-state index >= 15 is 0 Å². The van der Waals surface area contributed by atoms with Crippen LogP contribution in [-0.2, 0) is 5.41 Å². The highest BCUT2D eigenvalue weighted by molar-refractivity contribution is 6.20. The van der Waals surface area contributed by atoms with Crippen LogP contribution in [0.2, 0.25) is 0 Å². The van der Waals surface area contributed by atoms with Crippen LogP contribution in [-0.4, -0.2) is 15.0 Å². The third-order valence-electron chi connectivity index (χ3n) is 13.9. The van der Waals surface area contributed by atoms with Crippen LogP contribution in [0.1, 0.15) is 25.0 Å². The topological polar surface area (TPSA) is 65.0 Å². The van der Waals surface area contributed by atoms with Gasteiger partial charge in [0.15, 0.2) is 17.5 Å². The third kappa shape index (κ3) is 5.24. The molecule has 0 unspecified atom stereocenters. The fourth-order valence-electron chi connectivity index (χ4n) is 10.8. The zero-order chi connectivity index (χ0) is 43.0. The lowest BCUT2D eigenvalue weighted by molar-refractivity contribution is 0.653. The molecule has 1 aliphatic carbocycles. The third-order valence-corrected chi connectivity index (χ3v) is 13.9. The van der Waals surface area contributed by atoms with E-state index in [2.05, 4.69) is 172 Å². The zero-order valence-electron chi connectivity index (χ0n) is 35.6. The highest BCUT2D eigenvalue weighted by Gasteiger charge is 2.39. The molecule has 0 saturated carbocycles. The van der Waals surface area contributed by atoms with Crippen molar-refractivity contribution >= 4 is 76.2 Å². The molecule has 304 valence electrons. The quantitative estimate of drug-likeness (QED) is 0.165. The van der Waals surface area contributed by atoms with Gasteiger partial charge in [0.25, 0.3) is 0 Å². The molecule has 65 heavy (non-hydrogen) atoms. The molecule has 0 fully saturated rings. The van der Waals surface area contributed by atoms with Crippen LogP contribution >= 0.6 is 0 Å². The second kappa shape index (κ2) is 13.3. The van der Waals surface area contributed by atoms with Gasteiger partial charge in [-0.15, -0.1) is 0 Å². The molecule has 0 radical (unpaired) electrons. The molecule has 5 nitrogen and oxygen atoms in total. The predicted octanol–water partition coefficient (Wildman–Crippen LogP) is 16.1. The van der Waals surface area contributed by atoms with Crippen LogP contribution in [0.25, 0.3) is 133 Å². The minimum atomic E-state index is -0.286. The average Bonchev–Trinajstić information content (AvgIpc) is 4.01. The Balaban J connectivity index is 1.03. The summed E-state index contributed by atoms with van der Waals surface area (Å²) in [6.07, 6.45) is 0. The fourth-order valence-corrected chi connectivity index (χ4v) is 10.8. The Hall–Kier alpha value is -8.41. The average molecular weight is 832 g/mol. The summed E-state index contributed by atoms with van der Waals surface area (Å²) in [6, 6.07) is 66.6. The molecule has 0 N–H and O–H groups in total. The summed E-state index contributed by atoms with van der Waals surface area (Å²) in [5.74, 6) is 1.77. The van der Waals surface area contributed by atoms with Crippen molar-refractivity contribution in [2.45, 2.75) is 19.3 Å². The maximum atomic E-state index is 6.89. The smallest absolute Gasteiger partial charge is 0.164 e. The Bertz CT molecular complexity index is 4160. The van der Waals surface area contributed by atoms with Crippen LogP contribution in [0.3, 0.4) is 0 Å². The van der Waals surface area contributed by atoms with E-state index in [1.54, 1.807) is 0 Å². The summed E-state index contributed by atoms with van der Waals surface area (Å²) in [4.78, 5) is 16.2. The van der Waals surface area contributed by atoms with E-state index in [0.717, 1.165) is 76.9 Å². The van der Waals surface area contributed by atoms with Gasteiger partial charge in [0, 0.05) is 49.2 Å². The van der Waals surface area contributed by atoms with E-state index < -0.39 is 0 Å². The molecule has 0 aliphatic heterocycles. The van der Waals surface area contributed by atoms with Crippen molar-refractivity contribution in [2.24, 2.45) is 0 Å². The Kier molecular flexibility index (Phi) is 7.39. The first-order valence-electron chi connectivity index (χ1n) is 22.2. The number of benzene rings is 10. The van der Waals surface area contributed by atoms with Crippen molar-refractivity contribution in [2.75, 3.05) is 0 Å². The van der Waals surface area contributed by atoms with Crippen molar-refractivity contribution in [1.82, 2.24) is 15.0 Å². The van der Waals surface area contributed by atoms with Crippen LogP contribution < -0.4 is 0 Å². The molecular weight excluding hydrogens is 795 g/mol. The summed E-state index contributed by atoms with van der Waals surface area (Å²) in [5.41, 5.74) is 13.0. The molecule has 0 bridgehead atoms. The SMILES string of the molecule is CC1(C)c2ccccc2-c2c1cc(-c1nc(-c3ccc4ccc5c6cccc(-c7ccccc7)c6ccc5c4c3)nc(-c3ccc4oc5ccccc5c4c3)n1)c1c2oc2ccccc21. The number of aromatic nitrogens is 3. The standard InChI is InChI=1S/C60H37N3O2/c1-60(2)49-20-9-6-16-44(49)55-50(60)33-48(54-45-17-8-11-22-52(45)65-56(54)55)59-62-57(61-58(63-59)37-26-30-53-47(32-37)43-15-7-10-21-51(43)64-53)36-24-23-35-25-27-41-39-19-12-18-38(34-13-4-3-5-14-34)40(39)28-29-42(41)46(35)31-36/h3-33H,1-2H3. The van der Waals surface area contributed by atoms with Gasteiger partial charge in [0.05, 0.1) is 0 Å². The normalized spacial score (nSPS) is 13.2. The van der Waals surface area contributed by atoms with Crippen LogP contribution in [0.15, 0.2) is 197 Å². The molecule has 5 heteroatoms. The number of fused-ring (bicyclic) bond motifs is 15. The van der Waals surface area contributed by atoms with Gasteiger partial charge >= 0.3 is 0 Å². The van der Waals surface area contributed by atoms with Gasteiger partial charge in [0.2, 0.25) is 0 Å². The molecule has 0 spiro atoms. The molecule has 3 heterocycles. The molecular formula is C60H37N3O2. The van der Waals surface area contributed by atoms with Crippen molar-refractivity contribution < 1.29 is 8.83 Å². The van der Waals surface area contributed by atoms with Crippen LogP contribution in [0.5, 0.6) is 0 Å². The molecule has 0 atom stereocenters. The summed E-state index contributed by atoms with van der Waals surface area (Å²) in [6.45, 7) is 4.60. The molecule has 14 rings (SSSR count). The number of furan rings is 2. The minimum Gasteiger partial charge on any atom is -0.456 e. The van der Waals surface area contributed by atoms with Crippen molar-refractivity contribution in [3.63, 3.8) is 0 Å². The number of para-hydroxylation sites is 2. The second-order valence-corrected chi connectivity index (χ2v) is 17.9. The van der Waals surface area contributed by atoms with E-state index in [9.17, 15) is 0 Å². The first-order valence-corrected chi connectivity index (χ1v) is 22.2. The molecule has 13 aromatic rings. The molecule has 3 aromatic heterocycles. The first-order chi connectivity index (χ1) is 32.0. The Morgan fingerprint density at radius 3 is 1.78 bits per heavy atom. The highest BCUT2D eigenvalue weighted by Crippen LogP contribution is 2.54. The lowest BCUT2D eigenvalue weighted by Gasteiger charge is -2.22. The summed E-state index contributed by atoms with van der Waals surface area (Å²) >= 11 is 0. The minimum absolute atomic E-state index is 0.286. The van der Waals surface area contributed by atoms with Gasteiger partial charge < -0.3 is 8.83 Å². The Labute approximate surface area is 373 Å². The Morgan fingerprint density at radius 2 is 0.938 bits per heavy atom. The molecule has 0 saturated heterocycles. The van der Waals surface area contributed by atoms with E-state index in [0.29, 0.717) is 17.5 Å². The fraction of sp³-hybridized carbons (Fsp3) is 0.0500. The van der Waals surface area contributed by atoms with Gasteiger partial charge in [-0.3, -0.25) is 0 Å². The summed E-state index contributed by atoms with van der Waals surface area (Å²) in [7, 11) is 0. The largest absolute Gasteiger partial charge is 0.456 e. The van der Waals surface area contributed by atoms with Gasteiger partial charge in [-0.1, -0.05) is 159 Å². The maximum Gasteiger partial charge on any atom is 0.164 e. The van der Waals surface area contributed by atoms with E-state index in [4.69, 9.17) is 23.8 Å². The van der Waals surface area contributed by atoms with Crippen molar-refractivity contribution in [1.29, 1.82) is 0 Å². The second-order valence-electron chi connectivity index (χ2n) is 17.9. The summed E-state index contributed by atoms with van der Waals surface area (Å²) < 4.78 is 13.2. The van der Waals surface area contributed by atoms with Gasteiger partial charge in [0.1, 0.15) is 22.3 Å². The van der Waals surface area contributed by atoms with E-state index in [1.165, 1.54) is 49.4 Å². The number of rotatable bonds is 4. The van der Waals surface area contributed by atoms with E-state index in [1.807, 2.05) is 30.3 Å². The lowest BCUT2D eigenvalue weighted by Crippen LogP contribution is -2.15. The monoisotopic (exact) mass is 831 g/mol. The zero-order valence-corrected chi connectivity index (χ0v) is 35.6. The molecule has 0 amide bonds. The van der Waals surface area contributed by atoms with Crippen molar-refractivity contribution in [3.8, 4) is 56.4 Å². The van der Waals surface area contributed by atoms with Crippen LogP contribution in [0, 0.1) is 0 Å². The van der Waals surface area contributed by atoms with E-state index in [-0.39, 0.29) is 5.41 Å². The maximum absolute atomic E-state index is 6.89. The molecule has 10 aromatic carbocycles. The first kappa shape index (κ1) is 36.1. The predicted molar refractivity (Wildman–Crippen MR) is 266 cm³/mol. The van der Waals surface area contributed by atoms with Crippen LogP contribution in [0.4, 0.5) is 0 Å².